The fourth-order valence-corrected chi connectivity index (χ4v) is 6.16. The van der Waals surface area contributed by atoms with Crippen LogP contribution < -0.4 is 14.8 Å². The Morgan fingerprint density at radius 2 is 1.84 bits per heavy atom. The standard InChI is InChI=1S/C28H29FN2O6S/c1-17(18-5-3-2-4-6-18)30-27(33)15-21-14-24-23-13-20(9-12-25(23)37-28(24)26(16-32)36-21)31-38(34,35)22-10-7-19(29)8-11-22/h2-13,17,21,24,26,28,31-32H,14-16H2,1H3,(H,30,33)/t17-,21-,24+,26-,28-/m0/s1. The van der Waals surface area contributed by atoms with Gasteiger partial charge in [-0.05, 0) is 61.4 Å². The molecule has 3 N–H and O–H groups in total. The molecule has 0 saturated carbocycles. The molecule has 1 saturated heterocycles. The van der Waals surface area contributed by atoms with Gasteiger partial charge in [0.25, 0.3) is 10.0 Å². The molecule has 3 aromatic rings. The zero-order valence-electron chi connectivity index (χ0n) is 20.7. The number of sulfonamides is 1. The average molecular weight is 541 g/mol. The second-order valence-electron chi connectivity index (χ2n) is 9.62. The number of amides is 1. The minimum absolute atomic E-state index is 0.0595. The monoisotopic (exact) mass is 540 g/mol. The fourth-order valence-electron chi connectivity index (χ4n) is 5.11. The second-order valence-corrected chi connectivity index (χ2v) is 11.3. The van der Waals surface area contributed by atoms with Crippen LogP contribution in [-0.2, 0) is 19.6 Å². The molecule has 0 bridgehead atoms. The SMILES string of the molecule is C[C@H](NC(=O)C[C@@H]1C[C@@H]2c3cc(NS(=O)(=O)c4ccc(F)cc4)ccc3O[C@@H]2[C@H](CO)O1)c1ccccc1. The van der Waals surface area contributed by atoms with E-state index in [4.69, 9.17) is 9.47 Å². The van der Waals surface area contributed by atoms with Crippen molar-refractivity contribution < 1.29 is 32.2 Å². The Hall–Kier alpha value is -3.47. The van der Waals surface area contributed by atoms with Crippen molar-refractivity contribution >= 4 is 21.6 Å². The molecule has 0 aliphatic carbocycles. The molecule has 2 aliphatic rings. The van der Waals surface area contributed by atoms with Crippen LogP contribution in [0.2, 0.25) is 0 Å². The van der Waals surface area contributed by atoms with Gasteiger partial charge in [0.15, 0.2) is 0 Å². The molecule has 3 aromatic carbocycles. The van der Waals surface area contributed by atoms with Gasteiger partial charge in [-0.15, -0.1) is 0 Å². The molecule has 1 fully saturated rings. The molecular weight excluding hydrogens is 511 g/mol. The average Bonchev–Trinajstić information content (AvgIpc) is 3.26. The third-order valence-electron chi connectivity index (χ3n) is 6.97. The van der Waals surface area contributed by atoms with Crippen molar-refractivity contribution in [3.05, 3.63) is 89.7 Å². The van der Waals surface area contributed by atoms with E-state index >= 15 is 0 Å². The zero-order valence-corrected chi connectivity index (χ0v) is 21.5. The topological polar surface area (TPSA) is 114 Å². The Morgan fingerprint density at radius 1 is 1.11 bits per heavy atom. The maximum Gasteiger partial charge on any atom is 0.261 e. The number of aliphatic hydroxyl groups excluding tert-OH is 1. The van der Waals surface area contributed by atoms with Gasteiger partial charge in [0.1, 0.15) is 23.8 Å². The summed E-state index contributed by atoms with van der Waals surface area (Å²) in [6.45, 7) is 1.63. The lowest BCUT2D eigenvalue weighted by Crippen LogP contribution is -2.47. The molecule has 200 valence electrons. The van der Waals surface area contributed by atoms with Gasteiger partial charge in [0, 0.05) is 17.2 Å². The van der Waals surface area contributed by atoms with E-state index < -0.39 is 34.2 Å². The van der Waals surface area contributed by atoms with E-state index in [1.807, 2.05) is 37.3 Å². The summed E-state index contributed by atoms with van der Waals surface area (Å²) >= 11 is 0. The van der Waals surface area contributed by atoms with Gasteiger partial charge in [-0.2, -0.15) is 0 Å². The second kappa shape index (κ2) is 10.7. The predicted octanol–water partition coefficient (Wildman–Crippen LogP) is 3.89. The number of fused-ring (bicyclic) bond motifs is 3. The number of aliphatic hydroxyl groups is 1. The maximum atomic E-state index is 13.2. The number of ether oxygens (including phenoxy) is 2. The Kier molecular flexibility index (Phi) is 7.38. The number of carbonyl (C=O) groups excluding carboxylic acids is 1. The highest BCUT2D eigenvalue weighted by Gasteiger charge is 2.46. The number of halogens is 1. The number of benzene rings is 3. The van der Waals surface area contributed by atoms with Gasteiger partial charge in [-0.25, -0.2) is 12.8 Å². The Balaban J connectivity index is 1.30. The Labute approximate surface area is 220 Å². The molecule has 5 rings (SSSR count). The van der Waals surface area contributed by atoms with E-state index in [2.05, 4.69) is 10.0 Å². The number of hydrogen-bond donors (Lipinski definition) is 3. The first-order chi connectivity index (χ1) is 18.2. The molecular formula is C28H29FN2O6S. The smallest absolute Gasteiger partial charge is 0.261 e. The third-order valence-corrected chi connectivity index (χ3v) is 8.36. The van der Waals surface area contributed by atoms with Gasteiger partial charge >= 0.3 is 0 Å². The first-order valence-corrected chi connectivity index (χ1v) is 13.9. The van der Waals surface area contributed by atoms with Crippen LogP contribution in [0.15, 0.2) is 77.7 Å². The molecule has 0 aromatic heterocycles. The molecule has 2 heterocycles. The molecule has 10 heteroatoms. The van der Waals surface area contributed by atoms with Crippen LogP contribution in [0.1, 0.15) is 42.9 Å². The van der Waals surface area contributed by atoms with Crippen molar-refractivity contribution in [3.8, 4) is 5.75 Å². The number of anilines is 1. The largest absolute Gasteiger partial charge is 0.487 e. The van der Waals surface area contributed by atoms with E-state index in [0.717, 1.165) is 23.3 Å². The number of hydrogen-bond acceptors (Lipinski definition) is 6. The molecule has 1 amide bonds. The van der Waals surface area contributed by atoms with Crippen molar-refractivity contribution in [3.63, 3.8) is 0 Å². The normalized spacial score (nSPS) is 23.0. The van der Waals surface area contributed by atoms with E-state index in [0.29, 0.717) is 17.9 Å². The number of carbonyl (C=O) groups is 1. The zero-order chi connectivity index (χ0) is 26.9. The first kappa shape index (κ1) is 26.1. The van der Waals surface area contributed by atoms with Crippen LogP contribution in [0, 0.1) is 5.82 Å². The van der Waals surface area contributed by atoms with Crippen LogP contribution in [0.25, 0.3) is 0 Å². The quantitative estimate of drug-likeness (QED) is 0.400. The van der Waals surface area contributed by atoms with Crippen molar-refractivity contribution in [2.24, 2.45) is 0 Å². The van der Waals surface area contributed by atoms with E-state index in [-0.39, 0.29) is 35.8 Å². The van der Waals surface area contributed by atoms with E-state index in [9.17, 15) is 22.7 Å². The number of nitrogens with one attached hydrogen (secondary N) is 2. The summed E-state index contributed by atoms with van der Waals surface area (Å²) in [5.41, 5.74) is 2.10. The number of rotatable bonds is 8. The molecule has 5 atom stereocenters. The van der Waals surface area contributed by atoms with Gasteiger partial charge in [0.2, 0.25) is 5.91 Å². The lowest BCUT2D eigenvalue weighted by Gasteiger charge is -2.37. The Bertz CT molecular complexity index is 1400. The van der Waals surface area contributed by atoms with Crippen molar-refractivity contribution in [2.75, 3.05) is 11.3 Å². The highest BCUT2D eigenvalue weighted by molar-refractivity contribution is 7.92. The highest BCUT2D eigenvalue weighted by atomic mass is 32.2. The summed E-state index contributed by atoms with van der Waals surface area (Å²) in [6, 6.07) is 19.0. The van der Waals surface area contributed by atoms with Crippen molar-refractivity contribution in [2.45, 2.75) is 54.9 Å². The minimum Gasteiger partial charge on any atom is -0.487 e. The summed E-state index contributed by atoms with van der Waals surface area (Å²) < 4.78 is 53.5. The van der Waals surface area contributed by atoms with Gasteiger partial charge in [-0.3, -0.25) is 9.52 Å². The lowest BCUT2D eigenvalue weighted by molar-refractivity contribution is -0.142. The summed E-state index contributed by atoms with van der Waals surface area (Å²) in [5, 5.41) is 13.0. The van der Waals surface area contributed by atoms with Gasteiger partial charge in [-0.1, -0.05) is 30.3 Å². The lowest BCUT2D eigenvalue weighted by atomic mass is 9.84. The summed E-state index contributed by atoms with van der Waals surface area (Å²) in [5.74, 6) is -0.313. The van der Waals surface area contributed by atoms with Crippen LogP contribution in [0.5, 0.6) is 5.75 Å². The fraction of sp³-hybridized carbons (Fsp3) is 0.321. The molecule has 0 spiro atoms. The van der Waals surface area contributed by atoms with Gasteiger partial charge in [0.05, 0.1) is 30.1 Å². The summed E-state index contributed by atoms with van der Waals surface area (Å²) in [6.07, 6.45) is -0.963. The first-order valence-electron chi connectivity index (χ1n) is 12.4. The molecule has 8 nitrogen and oxygen atoms in total. The van der Waals surface area contributed by atoms with Crippen LogP contribution in [0.4, 0.5) is 10.1 Å². The maximum absolute atomic E-state index is 13.2. The highest BCUT2D eigenvalue weighted by Crippen LogP contribution is 2.47. The Morgan fingerprint density at radius 3 is 2.55 bits per heavy atom. The van der Waals surface area contributed by atoms with Crippen LogP contribution in [-0.4, -0.2) is 44.4 Å². The summed E-state index contributed by atoms with van der Waals surface area (Å²) in [4.78, 5) is 12.7. The van der Waals surface area contributed by atoms with Crippen molar-refractivity contribution in [1.82, 2.24) is 5.32 Å². The molecule has 0 unspecified atom stereocenters. The van der Waals surface area contributed by atoms with Crippen molar-refractivity contribution in [1.29, 1.82) is 0 Å². The minimum atomic E-state index is -3.93. The van der Waals surface area contributed by atoms with Gasteiger partial charge < -0.3 is 19.9 Å². The van der Waals surface area contributed by atoms with E-state index in [1.165, 1.54) is 12.1 Å². The van der Waals surface area contributed by atoms with Crippen LogP contribution >= 0.6 is 0 Å². The molecule has 38 heavy (non-hydrogen) atoms. The van der Waals surface area contributed by atoms with E-state index in [1.54, 1.807) is 18.2 Å². The van der Waals surface area contributed by atoms with Crippen LogP contribution in [0.3, 0.4) is 0 Å². The molecule has 0 radical (unpaired) electrons. The third kappa shape index (κ3) is 5.52. The molecule has 2 aliphatic heterocycles. The predicted molar refractivity (Wildman–Crippen MR) is 139 cm³/mol. The summed E-state index contributed by atoms with van der Waals surface area (Å²) in [7, 11) is -3.93.